The van der Waals surface area contributed by atoms with Crippen molar-refractivity contribution in [3.05, 3.63) is 63.9 Å². The molecule has 4 rings (SSSR count). The molecule has 162 valence electrons. The maximum atomic E-state index is 13.2. The number of carbonyl (C=O) groups is 1. The van der Waals surface area contributed by atoms with E-state index in [9.17, 15) is 9.59 Å². The monoisotopic (exact) mass is 422 g/mol. The number of nitrogens with zero attached hydrogens (tertiary/aromatic N) is 3. The molecule has 8 nitrogen and oxygen atoms in total. The maximum absolute atomic E-state index is 13.2. The first-order valence-electron chi connectivity index (χ1n) is 10.4. The van der Waals surface area contributed by atoms with Crippen LogP contribution in [-0.4, -0.2) is 27.2 Å². The van der Waals surface area contributed by atoms with Gasteiger partial charge in [0.1, 0.15) is 28.9 Å². The van der Waals surface area contributed by atoms with E-state index >= 15 is 0 Å². The first-order chi connectivity index (χ1) is 15.0. The molecular formula is C23H26N4O4. The van der Waals surface area contributed by atoms with Crippen LogP contribution in [0.25, 0.3) is 16.6 Å². The fourth-order valence-corrected chi connectivity index (χ4v) is 3.84. The number of furan rings is 1. The molecule has 0 bridgehead atoms. The van der Waals surface area contributed by atoms with Crippen LogP contribution in [0, 0.1) is 6.92 Å². The van der Waals surface area contributed by atoms with Gasteiger partial charge in [-0.3, -0.25) is 14.0 Å². The van der Waals surface area contributed by atoms with Crippen molar-refractivity contribution in [1.29, 1.82) is 0 Å². The molecule has 1 amide bonds. The Balaban J connectivity index is 1.66. The summed E-state index contributed by atoms with van der Waals surface area (Å²) in [5.74, 6) is 1.98. The highest BCUT2D eigenvalue weighted by Crippen LogP contribution is 2.24. The molecule has 1 aromatic carbocycles. The minimum atomic E-state index is -0.705. The Morgan fingerprint density at radius 3 is 2.58 bits per heavy atom. The first-order valence-corrected chi connectivity index (χ1v) is 10.4. The largest absolute Gasteiger partial charge is 0.497 e. The molecule has 1 N–H and O–H groups in total. The van der Waals surface area contributed by atoms with Gasteiger partial charge in [-0.25, -0.2) is 4.68 Å². The minimum Gasteiger partial charge on any atom is -0.497 e. The van der Waals surface area contributed by atoms with E-state index in [0.717, 1.165) is 22.6 Å². The molecule has 0 spiro atoms. The van der Waals surface area contributed by atoms with Gasteiger partial charge in [0.2, 0.25) is 5.91 Å². The Kier molecular flexibility index (Phi) is 5.54. The van der Waals surface area contributed by atoms with Crippen molar-refractivity contribution in [2.45, 2.75) is 46.2 Å². The molecule has 4 aromatic rings. The number of carbonyl (C=O) groups excluding carboxylic acids is 1. The van der Waals surface area contributed by atoms with E-state index in [-0.39, 0.29) is 11.5 Å². The van der Waals surface area contributed by atoms with Crippen molar-refractivity contribution < 1.29 is 13.9 Å². The van der Waals surface area contributed by atoms with Gasteiger partial charge < -0.3 is 14.5 Å². The van der Waals surface area contributed by atoms with Crippen LogP contribution in [0.15, 0.2) is 45.6 Å². The fourth-order valence-electron chi connectivity index (χ4n) is 3.84. The first kappa shape index (κ1) is 20.7. The van der Waals surface area contributed by atoms with E-state index in [4.69, 9.17) is 9.15 Å². The van der Waals surface area contributed by atoms with Crippen LogP contribution in [0.4, 0.5) is 0 Å². The molecular weight excluding hydrogens is 396 g/mol. The van der Waals surface area contributed by atoms with Gasteiger partial charge in [-0.15, -0.1) is 0 Å². The molecule has 0 unspecified atom stereocenters. The van der Waals surface area contributed by atoms with Gasteiger partial charge in [-0.05, 0) is 31.0 Å². The lowest BCUT2D eigenvalue weighted by atomic mass is 10.2. The van der Waals surface area contributed by atoms with E-state index in [2.05, 4.69) is 10.4 Å². The number of benzene rings is 1. The topological polar surface area (TPSA) is 90.8 Å². The van der Waals surface area contributed by atoms with E-state index < -0.39 is 6.04 Å². The number of hydrogen-bond donors (Lipinski definition) is 1. The average Bonchev–Trinajstić information content (AvgIpc) is 3.31. The number of aryl methyl sites for hydroxylation is 2. The van der Waals surface area contributed by atoms with Crippen molar-refractivity contribution in [3.63, 3.8) is 0 Å². The van der Waals surface area contributed by atoms with E-state index in [1.807, 2.05) is 55.5 Å². The van der Waals surface area contributed by atoms with E-state index in [1.54, 1.807) is 13.2 Å². The Bertz CT molecular complexity index is 1300. The van der Waals surface area contributed by atoms with Crippen molar-refractivity contribution in [3.8, 4) is 5.75 Å². The zero-order chi connectivity index (χ0) is 22.1. The molecule has 3 aromatic heterocycles. The Hall–Kier alpha value is -3.55. The molecule has 1 atom stereocenters. The SMILES string of the molecule is CCc1nn([C@@H](CC)C(=O)NCc2ccc(OC)cc2)c(=O)c2cc3oc(C)cc3n12. The number of aromatic nitrogens is 3. The predicted octanol–water partition coefficient (Wildman–Crippen LogP) is 3.39. The number of methoxy groups -OCH3 is 1. The second-order valence-electron chi connectivity index (χ2n) is 7.48. The van der Waals surface area contributed by atoms with Crippen molar-refractivity contribution >= 4 is 22.5 Å². The lowest BCUT2D eigenvalue weighted by molar-refractivity contribution is -0.125. The number of fused-ring (bicyclic) bond motifs is 3. The second kappa shape index (κ2) is 8.29. The highest BCUT2D eigenvalue weighted by atomic mass is 16.5. The Labute approximate surface area is 179 Å². The third-order valence-corrected chi connectivity index (χ3v) is 5.45. The summed E-state index contributed by atoms with van der Waals surface area (Å²) in [5.41, 5.74) is 2.55. The Morgan fingerprint density at radius 2 is 1.94 bits per heavy atom. The molecule has 0 aliphatic carbocycles. The number of nitrogens with one attached hydrogen (secondary N) is 1. The standard InChI is InChI=1S/C23H26N4O4/c1-5-17(22(28)24-13-15-7-9-16(30-4)10-8-15)27-23(29)19-12-20-18(11-14(3)31-20)26(19)21(6-2)25-27/h7-12,17H,5-6,13H2,1-4H3,(H,24,28)/t17-/m0/s1. The van der Waals surface area contributed by atoms with Crippen LogP contribution < -0.4 is 15.6 Å². The van der Waals surface area contributed by atoms with Crippen molar-refractivity contribution in [2.75, 3.05) is 7.11 Å². The van der Waals surface area contributed by atoms with Gasteiger partial charge in [0.05, 0.1) is 12.6 Å². The predicted molar refractivity (Wildman–Crippen MR) is 118 cm³/mol. The average molecular weight is 422 g/mol. The summed E-state index contributed by atoms with van der Waals surface area (Å²) in [6, 6.07) is 10.4. The maximum Gasteiger partial charge on any atom is 0.291 e. The van der Waals surface area contributed by atoms with Crippen molar-refractivity contribution in [1.82, 2.24) is 19.5 Å². The molecule has 0 radical (unpaired) electrons. The van der Waals surface area contributed by atoms with Crippen molar-refractivity contribution in [2.24, 2.45) is 0 Å². The quantitative estimate of drug-likeness (QED) is 0.493. The smallest absolute Gasteiger partial charge is 0.291 e. The summed E-state index contributed by atoms with van der Waals surface area (Å²) in [6.07, 6.45) is 1.05. The third-order valence-electron chi connectivity index (χ3n) is 5.45. The van der Waals surface area contributed by atoms with Crippen LogP contribution >= 0.6 is 0 Å². The fraction of sp³-hybridized carbons (Fsp3) is 0.348. The molecule has 0 aliphatic rings. The summed E-state index contributed by atoms with van der Waals surface area (Å²) in [7, 11) is 1.61. The summed E-state index contributed by atoms with van der Waals surface area (Å²) >= 11 is 0. The van der Waals surface area contributed by atoms with Crippen LogP contribution in [0.2, 0.25) is 0 Å². The van der Waals surface area contributed by atoms with Crippen LogP contribution in [0.1, 0.15) is 43.5 Å². The van der Waals surface area contributed by atoms with E-state index in [1.165, 1.54) is 4.68 Å². The third kappa shape index (κ3) is 3.69. The highest BCUT2D eigenvalue weighted by molar-refractivity contribution is 5.84. The molecule has 8 heteroatoms. The summed E-state index contributed by atoms with van der Waals surface area (Å²) in [6.45, 7) is 6.07. The molecule has 0 aliphatic heterocycles. The van der Waals surface area contributed by atoms with Crippen LogP contribution in [-0.2, 0) is 17.8 Å². The zero-order valence-electron chi connectivity index (χ0n) is 18.1. The summed E-state index contributed by atoms with van der Waals surface area (Å²) in [4.78, 5) is 26.2. The highest BCUT2D eigenvalue weighted by Gasteiger charge is 2.24. The normalized spacial score (nSPS) is 12.4. The van der Waals surface area contributed by atoms with Crippen LogP contribution in [0.5, 0.6) is 5.75 Å². The molecule has 31 heavy (non-hydrogen) atoms. The number of amides is 1. The summed E-state index contributed by atoms with van der Waals surface area (Å²) in [5, 5.41) is 7.49. The van der Waals surface area contributed by atoms with Gasteiger partial charge >= 0.3 is 0 Å². The number of rotatable bonds is 7. The summed E-state index contributed by atoms with van der Waals surface area (Å²) < 4.78 is 14.0. The minimum absolute atomic E-state index is 0.245. The molecule has 3 heterocycles. The molecule has 0 saturated carbocycles. The Morgan fingerprint density at radius 1 is 1.19 bits per heavy atom. The van der Waals surface area contributed by atoms with Gasteiger partial charge in [0, 0.05) is 25.1 Å². The number of hydrogen-bond acceptors (Lipinski definition) is 5. The molecule has 0 fully saturated rings. The number of ether oxygens (including phenoxy) is 1. The molecule has 0 saturated heterocycles. The van der Waals surface area contributed by atoms with Gasteiger partial charge in [-0.2, -0.15) is 5.10 Å². The van der Waals surface area contributed by atoms with Crippen LogP contribution in [0.3, 0.4) is 0 Å². The van der Waals surface area contributed by atoms with Gasteiger partial charge in [-0.1, -0.05) is 26.0 Å². The lowest BCUT2D eigenvalue weighted by Crippen LogP contribution is -2.39. The van der Waals surface area contributed by atoms with E-state index in [0.29, 0.717) is 36.3 Å². The van der Waals surface area contributed by atoms with Gasteiger partial charge in [0.15, 0.2) is 5.58 Å². The zero-order valence-corrected chi connectivity index (χ0v) is 18.1. The van der Waals surface area contributed by atoms with Gasteiger partial charge in [0.25, 0.3) is 5.56 Å². The second-order valence-corrected chi connectivity index (χ2v) is 7.48. The lowest BCUT2D eigenvalue weighted by Gasteiger charge is -2.18.